The third-order valence-corrected chi connectivity index (χ3v) is 4.76. The van der Waals surface area contributed by atoms with Crippen LogP contribution in [0.2, 0.25) is 0 Å². The second-order valence-electron chi connectivity index (χ2n) is 6.47. The Morgan fingerprint density at radius 1 is 1.19 bits per heavy atom. The first-order valence-corrected chi connectivity index (χ1v) is 10.9. The number of rotatable bonds is 13. The van der Waals surface area contributed by atoms with Gasteiger partial charge in [0.2, 0.25) is 11.8 Å². The Kier molecular flexibility index (Phi) is 12.0. The van der Waals surface area contributed by atoms with Gasteiger partial charge in [0.25, 0.3) is 0 Å². The Morgan fingerprint density at radius 3 is 2.37 bits per heavy atom. The molecule has 0 aliphatic rings. The molecule has 0 spiro atoms. The molecule has 0 radical (unpaired) electrons. The molecule has 0 bridgehead atoms. The van der Waals surface area contributed by atoms with Crippen LogP contribution in [-0.4, -0.2) is 53.6 Å². The lowest BCUT2D eigenvalue weighted by Crippen LogP contribution is -2.46. The van der Waals surface area contributed by atoms with Crippen molar-refractivity contribution in [2.24, 2.45) is 5.41 Å². The van der Waals surface area contributed by atoms with E-state index < -0.39 is 31.9 Å². The molecule has 0 unspecified atom stereocenters. The van der Waals surface area contributed by atoms with Crippen molar-refractivity contribution in [2.75, 3.05) is 25.4 Å². The Balaban J connectivity index is 4.07. The third kappa shape index (κ3) is 12.9. The number of phosphoric ester groups is 1. The molecule has 10 nitrogen and oxygen atoms in total. The van der Waals surface area contributed by atoms with E-state index in [1.807, 2.05) is 6.92 Å². The van der Waals surface area contributed by atoms with Gasteiger partial charge in [-0.15, -0.1) is 0 Å². The van der Waals surface area contributed by atoms with E-state index in [0.29, 0.717) is 18.7 Å². The molecule has 2 amide bonds. The first-order valence-electron chi connectivity index (χ1n) is 8.43. The first kappa shape index (κ1) is 26.0. The highest BCUT2D eigenvalue weighted by Gasteiger charge is 2.34. The second-order valence-corrected chi connectivity index (χ2v) is 8.78. The quantitative estimate of drug-likeness (QED) is 0.244. The van der Waals surface area contributed by atoms with E-state index in [0.717, 1.165) is 18.2 Å². The van der Waals surface area contributed by atoms with Gasteiger partial charge < -0.3 is 34.6 Å². The topological polar surface area (TPSA) is 168 Å². The van der Waals surface area contributed by atoms with Crippen molar-refractivity contribution < 1.29 is 38.4 Å². The van der Waals surface area contributed by atoms with Crippen LogP contribution in [0.5, 0.6) is 0 Å². The molecule has 0 rings (SSSR count). The van der Waals surface area contributed by atoms with Crippen LogP contribution in [0.1, 0.15) is 40.0 Å². The minimum atomic E-state index is -5.21. The van der Waals surface area contributed by atoms with Gasteiger partial charge in [-0.2, -0.15) is 0 Å². The fourth-order valence-corrected chi connectivity index (χ4v) is 3.07. The van der Waals surface area contributed by atoms with Gasteiger partial charge in [-0.3, -0.25) is 14.4 Å². The average molecular weight is 426 g/mol. The molecule has 0 aromatic heterocycles. The zero-order valence-corrected chi connectivity index (χ0v) is 17.4. The maximum Gasteiger partial charge on any atom is 0.249 e. The summed E-state index contributed by atoms with van der Waals surface area (Å²) < 4.78 is 14.6. The molecular formula is C15H27N2O8PS-2. The van der Waals surface area contributed by atoms with Gasteiger partial charge in [-0.25, -0.2) is 0 Å². The maximum atomic E-state index is 11.9. The fourth-order valence-electron chi connectivity index (χ4n) is 1.80. The normalized spacial score (nSPS) is 13.1. The van der Waals surface area contributed by atoms with Crippen molar-refractivity contribution >= 4 is 36.5 Å². The summed E-state index contributed by atoms with van der Waals surface area (Å²) in [4.78, 5) is 55.8. The van der Waals surface area contributed by atoms with Gasteiger partial charge in [0, 0.05) is 37.1 Å². The summed E-state index contributed by atoms with van der Waals surface area (Å²) >= 11 is 1.15. The monoisotopic (exact) mass is 426 g/mol. The van der Waals surface area contributed by atoms with Gasteiger partial charge >= 0.3 is 0 Å². The van der Waals surface area contributed by atoms with Crippen LogP contribution >= 0.6 is 19.6 Å². The number of aliphatic hydroxyl groups excluding tert-OH is 1. The van der Waals surface area contributed by atoms with E-state index in [9.17, 15) is 33.8 Å². The number of thioether (sulfide) groups is 1. The molecule has 0 aromatic rings. The average Bonchev–Trinajstić information content (AvgIpc) is 2.56. The number of nitrogens with one attached hydrogen (secondary N) is 2. The Morgan fingerprint density at radius 2 is 1.81 bits per heavy atom. The Labute approximate surface area is 163 Å². The maximum absolute atomic E-state index is 11.9. The van der Waals surface area contributed by atoms with Crippen LogP contribution in [0.15, 0.2) is 0 Å². The number of aliphatic hydroxyl groups is 1. The summed E-state index contributed by atoms with van der Waals surface area (Å²) in [6.07, 6.45) is -0.387. The minimum Gasteiger partial charge on any atom is -0.790 e. The lowest BCUT2D eigenvalue weighted by atomic mass is 9.87. The molecule has 0 aromatic carbocycles. The predicted octanol–water partition coefficient (Wildman–Crippen LogP) is -1.10. The zero-order chi connectivity index (χ0) is 21.1. The smallest absolute Gasteiger partial charge is 0.249 e. The first-order chi connectivity index (χ1) is 12.4. The van der Waals surface area contributed by atoms with Crippen LogP contribution < -0.4 is 20.4 Å². The Bertz CT molecular complexity index is 552. The summed E-state index contributed by atoms with van der Waals surface area (Å²) in [7, 11) is -5.21. The molecular weight excluding hydrogens is 399 g/mol. The van der Waals surface area contributed by atoms with Crippen molar-refractivity contribution in [3.8, 4) is 0 Å². The lowest BCUT2D eigenvalue weighted by molar-refractivity contribution is -0.343. The summed E-state index contributed by atoms with van der Waals surface area (Å²) in [5.74, 6) is -0.675. The fraction of sp³-hybridized carbons (Fsp3) is 0.800. The van der Waals surface area contributed by atoms with Gasteiger partial charge in [-0.05, 0) is 6.42 Å². The van der Waals surface area contributed by atoms with Gasteiger partial charge in [0.1, 0.15) is 6.10 Å². The minimum absolute atomic E-state index is 0.0285. The number of carbonyl (C=O) groups excluding carboxylic acids is 3. The molecule has 0 fully saturated rings. The predicted molar refractivity (Wildman–Crippen MR) is 96.4 cm³/mol. The molecule has 3 N–H and O–H groups in total. The SMILES string of the molecule is CCCC(=O)SCCNC(=O)CCNC(=O)[C@H](O)C(C)(C)COP(=O)([O-])[O-]. The van der Waals surface area contributed by atoms with E-state index in [1.165, 1.54) is 13.8 Å². The zero-order valence-electron chi connectivity index (χ0n) is 15.7. The highest BCUT2D eigenvalue weighted by Crippen LogP contribution is 2.31. The Hall–Kier alpha value is -0.970. The molecule has 0 aliphatic heterocycles. The van der Waals surface area contributed by atoms with Gasteiger partial charge in [-0.1, -0.05) is 32.5 Å². The highest BCUT2D eigenvalue weighted by molar-refractivity contribution is 8.13. The molecule has 0 heterocycles. The van der Waals surface area contributed by atoms with E-state index in [1.54, 1.807) is 0 Å². The summed E-state index contributed by atoms with van der Waals surface area (Å²) in [6, 6.07) is 0. The van der Waals surface area contributed by atoms with Gasteiger partial charge in [0.15, 0.2) is 5.12 Å². The van der Waals surface area contributed by atoms with Crippen molar-refractivity contribution in [1.29, 1.82) is 0 Å². The van der Waals surface area contributed by atoms with E-state index in [2.05, 4.69) is 15.2 Å². The number of hydrogen-bond acceptors (Lipinski definition) is 9. The molecule has 0 aliphatic carbocycles. The van der Waals surface area contributed by atoms with Gasteiger partial charge in [0.05, 0.1) is 14.4 Å². The van der Waals surface area contributed by atoms with Crippen molar-refractivity contribution in [1.82, 2.24) is 10.6 Å². The second kappa shape index (κ2) is 12.5. The number of phosphoric acid groups is 1. The van der Waals surface area contributed by atoms with E-state index in [4.69, 9.17) is 0 Å². The van der Waals surface area contributed by atoms with Crippen molar-refractivity contribution in [3.05, 3.63) is 0 Å². The van der Waals surface area contributed by atoms with E-state index >= 15 is 0 Å². The van der Waals surface area contributed by atoms with Crippen LogP contribution in [0.3, 0.4) is 0 Å². The van der Waals surface area contributed by atoms with E-state index in [-0.39, 0.29) is 24.0 Å². The van der Waals surface area contributed by atoms with Crippen LogP contribution in [-0.2, 0) is 23.5 Å². The molecule has 27 heavy (non-hydrogen) atoms. The van der Waals surface area contributed by atoms with Crippen molar-refractivity contribution in [2.45, 2.75) is 46.1 Å². The number of carbonyl (C=O) groups is 3. The molecule has 158 valence electrons. The number of amides is 2. The van der Waals surface area contributed by atoms with Crippen LogP contribution in [0.4, 0.5) is 0 Å². The van der Waals surface area contributed by atoms with Crippen LogP contribution in [0.25, 0.3) is 0 Å². The van der Waals surface area contributed by atoms with Crippen LogP contribution in [0, 0.1) is 5.41 Å². The standard InChI is InChI=1S/C15H29N2O8PS/c1-4-5-12(19)27-9-8-16-11(18)6-7-17-14(21)13(20)15(2,3)10-25-26(22,23)24/h13,20H,4-10H2,1-3H3,(H,16,18)(H,17,21)(H2,22,23,24)/p-2/t13-/m0/s1. The largest absolute Gasteiger partial charge is 0.790 e. The summed E-state index contributed by atoms with van der Waals surface area (Å²) in [6.45, 7) is 4.26. The lowest BCUT2D eigenvalue weighted by Gasteiger charge is -2.35. The van der Waals surface area contributed by atoms with Crippen molar-refractivity contribution in [3.63, 3.8) is 0 Å². The molecule has 0 saturated heterocycles. The molecule has 0 saturated carbocycles. The molecule has 12 heteroatoms. The highest BCUT2D eigenvalue weighted by atomic mass is 32.2. The molecule has 1 atom stereocenters. The third-order valence-electron chi connectivity index (χ3n) is 3.38. The summed E-state index contributed by atoms with van der Waals surface area (Å²) in [5, 5.41) is 15.0. The number of hydrogen-bond donors (Lipinski definition) is 3. The summed E-state index contributed by atoms with van der Waals surface area (Å²) in [5.41, 5.74) is -1.32.